The van der Waals surface area contributed by atoms with Crippen LogP contribution in [0.3, 0.4) is 0 Å². The van der Waals surface area contributed by atoms with E-state index in [1.165, 1.54) is 23.6 Å². The molecule has 102 valence electrons. The normalized spacial score (nSPS) is 10.9. The number of ether oxygens (including phenoxy) is 1. The van der Waals surface area contributed by atoms with Gasteiger partial charge in [0.2, 0.25) is 0 Å². The van der Waals surface area contributed by atoms with Crippen LogP contribution >= 0.6 is 0 Å². The fourth-order valence-corrected chi connectivity index (χ4v) is 2.30. The van der Waals surface area contributed by atoms with E-state index in [1.807, 2.05) is 10.8 Å². The van der Waals surface area contributed by atoms with Gasteiger partial charge < -0.3 is 15.0 Å². The van der Waals surface area contributed by atoms with Crippen molar-refractivity contribution in [3.63, 3.8) is 0 Å². The van der Waals surface area contributed by atoms with Crippen molar-refractivity contribution in [3.8, 4) is 0 Å². The third kappa shape index (κ3) is 2.96. The van der Waals surface area contributed by atoms with Crippen LogP contribution in [-0.4, -0.2) is 24.2 Å². The number of fused-ring (bicyclic) bond motifs is 1. The lowest BCUT2D eigenvalue weighted by molar-refractivity contribution is -0.141. The summed E-state index contributed by atoms with van der Waals surface area (Å²) in [5.74, 6) is -0.233. The van der Waals surface area contributed by atoms with Crippen LogP contribution in [0.4, 0.5) is 0 Å². The number of carbonyl (C=O) groups excluding carboxylic acids is 1. The summed E-state index contributed by atoms with van der Waals surface area (Å²) in [5, 5.41) is 1.20. The van der Waals surface area contributed by atoms with Crippen molar-refractivity contribution in [1.82, 2.24) is 4.57 Å². The molecule has 2 aromatic rings. The molecule has 2 N–H and O–H groups in total. The number of carbonyl (C=O) groups is 1. The second kappa shape index (κ2) is 5.89. The molecular weight excluding hydrogens is 240 g/mol. The van der Waals surface area contributed by atoms with Gasteiger partial charge in [0, 0.05) is 17.1 Å². The average molecular weight is 260 g/mol. The Balaban J connectivity index is 2.43. The molecule has 1 aromatic carbocycles. The second-order valence-electron chi connectivity index (χ2n) is 4.77. The van der Waals surface area contributed by atoms with E-state index in [1.54, 1.807) is 0 Å². The monoisotopic (exact) mass is 260 g/mol. The summed E-state index contributed by atoms with van der Waals surface area (Å²) < 4.78 is 6.70. The van der Waals surface area contributed by atoms with Crippen LogP contribution in [0.1, 0.15) is 17.5 Å². The highest BCUT2D eigenvalue weighted by atomic mass is 16.5. The van der Waals surface area contributed by atoms with Gasteiger partial charge in [-0.15, -0.1) is 0 Å². The van der Waals surface area contributed by atoms with Crippen molar-refractivity contribution in [3.05, 3.63) is 35.5 Å². The Bertz CT molecular complexity index is 587. The van der Waals surface area contributed by atoms with Crippen molar-refractivity contribution in [1.29, 1.82) is 0 Å². The number of methoxy groups -OCH3 is 1. The maximum atomic E-state index is 11.5. The Morgan fingerprint density at radius 3 is 2.89 bits per heavy atom. The first-order valence-corrected chi connectivity index (χ1v) is 6.51. The van der Waals surface area contributed by atoms with Gasteiger partial charge in [-0.25, -0.2) is 0 Å². The Morgan fingerprint density at radius 1 is 1.42 bits per heavy atom. The van der Waals surface area contributed by atoms with Gasteiger partial charge in [-0.1, -0.05) is 12.1 Å². The molecule has 0 amide bonds. The van der Waals surface area contributed by atoms with E-state index in [9.17, 15) is 4.79 Å². The van der Waals surface area contributed by atoms with Gasteiger partial charge in [-0.05, 0) is 43.5 Å². The molecule has 0 saturated heterocycles. The molecule has 0 bridgehead atoms. The molecule has 4 heteroatoms. The highest BCUT2D eigenvalue weighted by Crippen LogP contribution is 2.24. The largest absolute Gasteiger partial charge is 0.468 e. The van der Waals surface area contributed by atoms with Crippen molar-refractivity contribution in [2.24, 2.45) is 5.73 Å². The number of rotatable bonds is 5. The van der Waals surface area contributed by atoms with Crippen LogP contribution in [-0.2, 0) is 22.5 Å². The summed E-state index contributed by atoms with van der Waals surface area (Å²) in [6.45, 7) is 2.98. The fourth-order valence-electron chi connectivity index (χ4n) is 2.30. The van der Waals surface area contributed by atoms with E-state index in [0.29, 0.717) is 6.54 Å². The van der Waals surface area contributed by atoms with Gasteiger partial charge in [0.1, 0.15) is 6.54 Å². The van der Waals surface area contributed by atoms with Crippen LogP contribution in [0.15, 0.2) is 24.4 Å². The first-order chi connectivity index (χ1) is 9.15. The SMILES string of the molecule is COC(=O)Cn1cc(CCCN)c2ccc(C)cc21. The number of benzene rings is 1. The Morgan fingerprint density at radius 2 is 2.21 bits per heavy atom. The summed E-state index contributed by atoms with van der Waals surface area (Å²) in [5.41, 5.74) is 9.08. The minimum Gasteiger partial charge on any atom is -0.468 e. The number of esters is 1. The highest BCUT2D eigenvalue weighted by molar-refractivity contribution is 5.86. The van der Waals surface area contributed by atoms with Gasteiger partial charge in [-0.3, -0.25) is 4.79 Å². The molecular formula is C15H20N2O2. The molecule has 0 aliphatic rings. The zero-order valence-corrected chi connectivity index (χ0v) is 11.5. The van der Waals surface area contributed by atoms with Gasteiger partial charge >= 0.3 is 5.97 Å². The molecule has 0 atom stereocenters. The summed E-state index contributed by atoms with van der Waals surface area (Å²) in [6, 6.07) is 6.31. The third-order valence-corrected chi connectivity index (χ3v) is 3.30. The summed E-state index contributed by atoms with van der Waals surface area (Å²) in [6.07, 6.45) is 3.92. The molecule has 0 radical (unpaired) electrons. The zero-order valence-electron chi connectivity index (χ0n) is 11.5. The molecule has 1 aromatic heterocycles. The predicted molar refractivity (Wildman–Crippen MR) is 76.1 cm³/mol. The molecule has 0 saturated carbocycles. The van der Waals surface area contributed by atoms with E-state index < -0.39 is 0 Å². The van der Waals surface area contributed by atoms with Crippen molar-refractivity contribution >= 4 is 16.9 Å². The predicted octanol–water partition coefficient (Wildman–Crippen LogP) is 2.01. The number of hydrogen-bond acceptors (Lipinski definition) is 3. The van der Waals surface area contributed by atoms with Crippen LogP contribution in [0.2, 0.25) is 0 Å². The Hall–Kier alpha value is -1.81. The van der Waals surface area contributed by atoms with Gasteiger partial charge in [0.05, 0.1) is 7.11 Å². The molecule has 4 nitrogen and oxygen atoms in total. The smallest absolute Gasteiger partial charge is 0.325 e. The van der Waals surface area contributed by atoms with Crippen molar-refractivity contribution in [2.75, 3.05) is 13.7 Å². The third-order valence-electron chi connectivity index (χ3n) is 3.30. The van der Waals surface area contributed by atoms with Gasteiger partial charge in [0.15, 0.2) is 0 Å². The lowest BCUT2D eigenvalue weighted by Gasteiger charge is -2.03. The number of hydrogen-bond donors (Lipinski definition) is 1. The summed E-state index contributed by atoms with van der Waals surface area (Å²) in [4.78, 5) is 11.5. The molecule has 1 heterocycles. The molecule has 2 rings (SSSR count). The fraction of sp³-hybridized carbons (Fsp3) is 0.400. The van der Waals surface area contributed by atoms with E-state index in [-0.39, 0.29) is 12.5 Å². The lowest BCUT2D eigenvalue weighted by atomic mass is 10.1. The van der Waals surface area contributed by atoms with Crippen LogP contribution in [0.5, 0.6) is 0 Å². The molecule has 0 spiro atoms. The Kier molecular flexibility index (Phi) is 4.22. The van der Waals surface area contributed by atoms with Crippen molar-refractivity contribution < 1.29 is 9.53 Å². The number of aromatic nitrogens is 1. The lowest BCUT2D eigenvalue weighted by Crippen LogP contribution is -2.10. The van der Waals surface area contributed by atoms with Gasteiger partial charge in [0.25, 0.3) is 0 Å². The van der Waals surface area contributed by atoms with E-state index >= 15 is 0 Å². The van der Waals surface area contributed by atoms with Gasteiger partial charge in [-0.2, -0.15) is 0 Å². The standard InChI is InChI=1S/C15H20N2O2/c1-11-5-6-13-12(4-3-7-16)9-17(14(13)8-11)10-15(18)19-2/h5-6,8-9H,3-4,7,10,16H2,1-2H3. The molecule has 0 aliphatic carbocycles. The molecule has 0 aliphatic heterocycles. The zero-order chi connectivity index (χ0) is 13.8. The maximum absolute atomic E-state index is 11.5. The number of nitrogens with two attached hydrogens (primary N) is 1. The first kappa shape index (κ1) is 13.6. The number of aryl methyl sites for hydroxylation is 2. The van der Waals surface area contributed by atoms with E-state index in [0.717, 1.165) is 18.4 Å². The number of nitrogens with zero attached hydrogens (tertiary/aromatic N) is 1. The Labute approximate surface area is 113 Å². The minimum atomic E-state index is -0.233. The van der Waals surface area contributed by atoms with Crippen molar-refractivity contribution in [2.45, 2.75) is 26.3 Å². The minimum absolute atomic E-state index is 0.233. The maximum Gasteiger partial charge on any atom is 0.325 e. The molecule has 0 unspecified atom stereocenters. The quantitative estimate of drug-likeness (QED) is 0.837. The summed E-state index contributed by atoms with van der Waals surface area (Å²) >= 11 is 0. The van der Waals surface area contributed by atoms with E-state index in [4.69, 9.17) is 10.5 Å². The summed E-state index contributed by atoms with van der Waals surface area (Å²) in [7, 11) is 1.41. The molecule has 0 fully saturated rings. The average Bonchev–Trinajstić information content (AvgIpc) is 2.73. The second-order valence-corrected chi connectivity index (χ2v) is 4.77. The van der Waals surface area contributed by atoms with Crippen LogP contribution < -0.4 is 5.73 Å². The van der Waals surface area contributed by atoms with Crippen LogP contribution in [0, 0.1) is 6.92 Å². The van der Waals surface area contributed by atoms with E-state index in [2.05, 4.69) is 25.1 Å². The first-order valence-electron chi connectivity index (χ1n) is 6.51. The molecule has 19 heavy (non-hydrogen) atoms. The van der Waals surface area contributed by atoms with Crippen LogP contribution in [0.25, 0.3) is 10.9 Å². The highest BCUT2D eigenvalue weighted by Gasteiger charge is 2.11. The topological polar surface area (TPSA) is 57.2 Å².